The van der Waals surface area contributed by atoms with E-state index in [0.717, 1.165) is 50.6 Å². The third-order valence-corrected chi connectivity index (χ3v) is 4.42. The molecule has 6 heteroatoms. The van der Waals surface area contributed by atoms with Crippen LogP contribution in [0.25, 0.3) is 0 Å². The number of nitrogens with one attached hydrogen (secondary N) is 2. The highest BCUT2D eigenvalue weighted by atomic mass is 16.3. The minimum absolute atomic E-state index is 0.00635. The second-order valence-electron chi connectivity index (χ2n) is 6.53. The molecule has 0 fully saturated rings. The number of anilines is 1. The number of rotatable bonds is 11. The van der Waals surface area contributed by atoms with Gasteiger partial charge in [-0.1, -0.05) is 25.1 Å². The van der Waals surface area contributed by atoms with Crippen molar-refractivity contribution in [1.82, 2.24) is 10.6 Å². The molecule has 1 aromatic carbocycles. The molecule has 0 saturated heterocycles. The van der Waals surface area contributed by atoms with E-state index in [0.29, 0.717) is 0 Å². The largest absolute Gasteiger partial charge is 0.469 e. The van der Waals surface area contributed by atoms with Gasteiger partial charge in [0.25, 0.3) is 0 Å². The van der Waals surface area contributed by atoms with Crippen molar-refractivity contribution in [2.45, 2.75) is 32.2 Å². The fraction of sp³-hybridized carbons (Fsp3) is 0.476. The fourth-order valence-corrected chi connectivity index (χ4v) is 2.69. The van der Waals surface area contributed by atoms with Gasteiger partial charge in [0.15, 0.2) is 5.96 Å². The number of guanidine groups is 1. The second kappa shape index (κ2) is 12.0. The number of aliphatic hydroxyl groups is 1. The second-order valence-corrected chi connectivity index (χ2v) is 6.53. The summed E-state index contributed by atoms with van der Waals surface area (Å²) in [5.41, 5.74) is 1.21. The summed E-state index contributed by atoms with van der Waals surface area (Å²) in [4.78, 5) is 6.90. The molecule has 0 amide bonds. The molecule has 6 nitrogen and oxygen atoms in total. The van der Waals surface area contributed by atoms with E-state index in [1.54, 1.807) is 6.26 Å². The number of aliphatic imine (C=N–C) groups is 1. The molecule has 0 aliphatic heterocycles. The summed E-state index contributed by atoms with van der Waals surface area (Å²) in [5, 5.41) is 16.1. The molecule has 0 unspecified atom stereocenters. The summed E-state index contributed by atoms with van der Waals surface area (Å²) in [6.45, 7) is 4.51. The Labute approximate surface area is 162 Å². The molecule has 2 rings (SSSR count). The summed E-state index contributed by atoms with van der Waals surface area (Å²) in [5.74, 6) is 1.69. The zero-order valence-corrected chi connectivity index (χ0v) is 16.4. The summed E-state index contributed by atoms with van der Waals surface area (Å²) in [6.07, 6.45) is 4.27. The molecule has 2 aromatic rings. The zero-order valence-electron chi connectivity index (χ0n) is 16.4. The van der Waals surface area contributed by atoms with Crippen molar-refractivity contribution in [2.75, 3.05) is 38.2 Å². The van der Waals surface area contributed by atoms with E-state index in [1.807, 2.05) is 25.1 Å². The van der Waals surface area contributed by atoms with Gasteiger partial charge in [-0.25, -0.2) is 0 Å². The van der Waals surface area contributed by atoms with Crippen molar-refractivity contribution >= 4 is 11.6 Å². The van der Waals surface area contributed by atoms with Crippen molar-refractivity contribution in [2.24, 2.45) is 4.99 Å². The van der Waals surface area contributed by atoms with Crippen LogP contribution >= 0.6 is 0 Å². The van der Waals surface area contributed by atoms with Gasteiger partial charge in [-0.2, -0.15) is 0 Å². The van der Waals surface area contributed by atoms with Crippen LogP contribution < -0.4 is 15.5 Å². The molecule has 0 saturated carbocycles. The first-order valence-corrected chi connectivity index (χ1v) is 9.67. The Morgan fingerprint density at radius 1 is 1.22 bits per heavy atom. The highest BCUT2D eigenvalue weighted by Gasteiger charge is 2.08. The van der Waals surface area contributed by atoms with Crippen molar-refractivity contribution in [3.8, 4) is 0 Å². The van der Waals surface area contributed by atoms with Crippen LogP contribution in [-0.2, 0) is 6.42 Å². The van der Waals surface area contributed by atoms with Crippen LogP contribution in [0.4, 0.5) is 5.69 Å². The number of aliphatic hydroxyl groups excluding tert-OH is 1. The molecular weight excluding hydrogens is 340 g/mol. The van der Waals surface area contributed by atoms with Crippen molar-refractivity contribution in [1.29, 1.82) is 0 Å². The molecule has 0 aliphatic rings. The molecule has 1 atom stereocenters. The van der Waals surface area contributed by atoms with Gasteiger partial charge in [0.2, 0.25) is 0 Å². The first-order valence-electron chi connectivity index (χ1n) is 9.67. The highest BCUT2D eigenvalue weighted by molar-refractivity contribution is 5.80. The van der Waals surface area contributed by atoms with Crippen LogP contribution in [0.2, 0.25) is 0 Å². The minimum atomic E-state index is 0.00635. The summed E-state index contributed by atoms with van der Waals surface area (Å²) < 4.78 is 5.36. The number of para-hydroxylation sites is 1. The Hall–Kier alpha value is -2.47. The number of furan rings is 1. The van der Waals surface area contributed by atoms with Gasteiger partial charge in [-0.05, 0) is 37.1 Å². The predicted molar refractivity (Wildman–Crippen MR) is 111 cm³/mol. The first-order chi connectivity index (χ1) is 13.2. The van der Waals surface area contributed by atoms with Gasteiger partial charge >= 0.3 is 0 Å². The van der Waals surface area contributed by atoms with Crippen LogP contribution in [-0.4, -0.2) is 50.4 Å². The van der Waals surface area contributed by atoms with E-state index in [1.165, 1.54) is 5.69 Å². The van der Waals surface area contributed by atoms with E-state index in [9.17, 15) is 5.11 Å². The molecule has 0 spiro atoms. The molecule has 1 heterocycles. The molecule has 27 heavy (non-hydrogen) atoms. The van der Waals surface area contributed by atoms with Crippen LogP contribution in [0.15, 0.2) is 58.1 Å². The Morgan fingerprint density at radius 3 is 2.70 bits per heavy atom. The SMILES string of the molecule is CC[C@H](CO)NC(=NCCCN(C)c1ccccc1)NCCc1ccco1. The van der Waals surface area contributed by atoms with E-state index >= 15 is 0 Å². The third kappa shape index (κ3) is 7.74. The number of hydrogen-bond acceptors (Lipinski definition) is 4. The van der Waals surface area contributed by atoms with Crippen LogP contribution in [0.3, 0.4) is 0 Å². The van der Waals surface area contributed by atoms with E-state index in [-0.39, 0.29) is 12.6 Å². The predicted octanol–water partition coefficient (Wildman–Crippen LogP) is 2.65. The average molecular weight is 373 g/mol. The first kappa shape index (κ1) is 20.8. The molecule has 0 aliphatic carbocycles. The van der Waals surface area contributed by atoms with Gasteiger partial charge in [0.05, 0.1) is 18.9 Å². The average Bonchev–Trinajstić information content (AvgIpc) is 3.22. The molecule has 1 aromatic heterocycles. The number of benzene rings is 1. The van der Waals surface area contributed by atoms with Crippen molar-refractivity contribution < 1.29 is 9.52 Å². The number of hydrogen-bond donors (Lipinski definition) is 3. The standard InChI is InChI=1S/C21H32N4O2/c1-3-18(17-26)24-21(23-14-12-20-11-7-16-27-20)22-13-8-15-25(2)19-9-5-4-6-10-19/h4-7,9-11,16,18,26H,3,8,12-15,17H2,1-2H3,(H2,22,23,24)/t18-/m1/s1. The molecule has 3 N–H and O–H groups in total. The Bertz CT molecular complexity index is 639. The molecular formula is C21H32N4O2. The normalized spacial score (nSPS) is 12.6. The maximum absolute atomic E-state index is 9.45. The summed E-state index contributed by atoms with van der Waals surface area (Å²) in [6, 6.07) is 14.2. The van der Waals surface area contributed by atoms with Crippen LogP contribution in [0, 0.1) is 0 Å². The Kier molecular flexibility index (Phi) is 9.27. The van der Waals surface area contributed by atoms with Crippen LogP contribution in [0.1, 0.15) is 25.5 Å². The summed E-state index contributed by atoms with van der Waals surface area (Å²) >= 11 is 0. The van der Waals surface area contributed by atoms with Crippen LogP contribution in [0.5, 0.6) is 0 Å². The van der Waals surface area contributed by atoms with E-state index in [2.05, 4.69) is 51.8 Å². The number of nitrogens with zero attached hydrogens (tertiary/aromatic N) is 2. The molecule has 148 valence electrons. The topological polar surface area (TPSA) is 73.0 Å². The highest BCUT2D eigenvalue weighted by Crippen LogP contribution is 2.10. The van der Waals surface area contributed by atoms with Crippen molar-refractivity contribution in [3.63, 3.8) is 0 Å². The lowest BCUT2D eigenvalue weighted by Gasteiger charge is -2.20. The van der Waals surface area contributed by atoms with Crippen molar-refractivity contribution in [3.05, 3.63) is 54.5 Å². The van der Waals surface area contributed by atoms with Gasteiger partial charge < -0.3 is 25.1 Å². The summed E-state index contributed by atoms with van der Waals surface area (Å²) in [7, 11) is 2.10. The smallest absolute Gasteiger partial charge is 0.191 e. The monoisotopic (exact) mass is 372 g/mol. The van der Waals surface area contributed by atoms with Gasteiger partial charge in [0.1, 0.15) is 5.76 Å². The van der Waals surface area contributed by atoms with Gasteiger partial charge in [-0.15, -0.1) is 0 Å². The van der Waals surface area contributed by atoms with Gasteiger partial charge in [-0.3, -0.25) is 4.99 Å². The lowest BCUT2D eigenvalue weighted by Crippen LogP contribution is -2.45. The van der Waals surface area contributed by atoms with Gasteiger partial charge in [0, 0.05) is 38.8 Å². The molecule has 0 radical (unpaired) electrons. The lowest BCUT2D eigenvalue weighted by molar-refractivity contribution is 0.251. The van der Waals surface area contributed by atoms with E-state index < -0.39 is 0 Å². The fourth-order valence-electron chi connectivity index (χ4n) is 2.69. The molecule has 0 bridgehead atoms. The van der Waals surface area contributed by atoms with E-state index in [4.69, 9.17) is 4.42 Å². The Balaban J connectivity index is 1.81. The maximum atomic E-state index is 9.45. The minimum Gasteiger partial charge on any atom is -0.469 e. The zero-order chi connectivity index (χ0) is 19.3. The Morgan fingerprint density at radius 2 is 2.04 bits per heavy atom. The third-order valence-electron chi connectivity index (χ3n) is 4.42. The maximum Gasteiger partial charge on any atom is 0.191 e. The quantitative estimate of drug-likeness (QED) is 0.321. The lowest BCUT2D eigenvalue weighted by atomic mass is 10.2.